The SMILES string of the molecule is CC(O)C(=O)O.[CH3-].[Ti]. The smallest absolute Gasteiger partial charge is 0.332 e. The molecule has 0 aliphatic rings. The van der Waals surface area contributed by atoms with Gasteiger partial charge < -0.3 is 17.6 Å². The van der Waals surface area contributed by atoms with Gasteiger partial charge in [-0.15, -0.1) is 0 Å². The molecule has 0 spiro atoms. The minimum atomic E-state index is -1.23. The van der Waals surface area contributed by atoms with Crippen LogP contribution in [0.25, 0.3) is 0 Å². The Morgan fingerprint density at radius 3 is 1.75 bits per heavy atom. The fourth-order valence-corrected chi connectivity index (χ4v) is 0. The summed E-state index contributed by atoms with van der Waals surface area (Å²) >= 11 is 0. The predicted molar refractivity (Wildman–Crippen MR) is 25.7 cm³/mol. The summed E-state index contributed by atoms with van der Waals surface area (Å²) in [6, 6.07) is 0. The van der Waals surface area contributed by atoms with Crippen molar-refractivity contribution in [2.45, 2.75) is 13.0 Å². The molecule has 48 valence electrons. The molecule has 0 saturated carbocycles. The zero-order valence-electron chi connectivity index (χ0n) is 4.88. The second-order valence-electron chi connectivity index (χ2n) is 1.01. The first-order chi connectivity index (χ1) is 2.64. The van der Waals surface area contributed by atoms with Gasteiger partial charge in [-0.25, -0.2) is 4.79 Å². The number of carboxylic acid groups (broad SMARTS) is 1. The van der Waals surface area contributed by atoms with Gasteiger partial charge in [0.25, 0.3) is 0 Å². The maximum absolute atomic E-state index is 9.45. The van der Waals surface area contributed by atoms with Gasteiger partial charge in [0.2, 0.25) is 0 Å². The quantitative estimate of drug-likeness (QED) is 0.408. The van der Waals surface area contributed by atoms with Crippen LogP contribution in [-0.2, 0) is 26.5 Å². The average molecular weight is 153 g/mol. The van der Waals surface area contributed by atoms with Gasteiger partial charge >= 0.3 is 5.97 Å². The topological polar surface area (TPSA) is 57.5 Å². The molecule has 0 aliphatic carbocycles. The van der Waals surface area contributed by atoms with Crippen molar-refractivity contribution in [3.05, 3.63) is 7.43 Å². The van der Waals surface area contributed by atoms with Crippen LogP contribution in [-0.4, -0.2) is 22.3 Å². The van der Waals surface area contributed by atoms with E-state index in [2.05, 4.69) is 0 Å². The van der Waals surface area contributed by atoms with Crippen molar-refractivity contribution in [1.82, 2.24) is 0 Å². The van der Waals surface area contributed by atoms with Gasteiger partial charge in [-0.2, -0.15) is 0 Å². The normalized spacial score (nSPS) is 10.2. The molecule has 0 saturated heterocycles. The summed E-state index contributed by atoms with van der Waals surface area (Å²) in [6.45, 7) is 1.20. The van der Waals surface area contributed by atoms with Crippen LogP contribution in [0.2, 0.25) is 0 Å². The van der Waals surface area contributed by atoms with Gasteiger partial charge in [0.05, 0.1) is 0 Å². The number of carboxylic acids is 1. The van der Waals surface area contributed by atoms with Crippen molar-refractivity contribution in [1.29, 1.82) is 0 Å². The molecule has 0 aromatic carbocycles. The van der Waals surface area contributed by atoms with Crippen molar-refractivity contribution in [2.24, 2.45) is 0 Å². The third-order valence-corrected chi connectivity index (χ3v) is 0.357. The van der Waals surface area contributed by atoms with Crippen LogP contribution in [0.1, 0.15) is 6.92 Å². The Morgan fingerprint density at radius 2 is 1.75 bits per heavy atom. The molecule has 0 bridgehead atoms. The van der Waals surface area contributed by atoms with Gasteiger partial charge in [-0.05, 0) is 6.92 Å². The molecular weight excluding hydrogens is 144 g/mol. The summed E-state index contributed by atoms with van der Waals surface area (Å²) in [5.41, 5.74) is 0. The maximum Gasteiger partial charge on any atom is 0.332 e. The number of hydrogen-bond acceptors (Lipinski definition) is 2. The number of aliphatic carboxylic acids is 1. The van der Waals surface area contributed by atoms with Crippen LogP contribution in [0.3, 0.4) is 0 Å². The molecule has 2 N–H and O–H groups in total. The Hall–Kier alpha value is 0.144. The number of rotatable bonds is 1. The standard InChI is InChI=1S/C3H6O3.CH3.Ti/c1-2(4)3(5)6;;/h2,4H,1H3,(H,5,6);1H3;/q;-1;. The van der Waals surface area contributed by atoms with Crippen molar-refractivity contribution >= 4 is 5.97 Å². The van der Waals surface area contributed by atoms with E-state index < -0.39 is 12.1 Å². The summed E-state index contributed by atoms with van der Waals surface area (Å²) < 4.78 is 0. The van der Waals surface area contributed by atoms with Gasteiger partial charge in [0, 0.05) is 21.7 Å². The Kier molecular flexibility index (Phi) is 14.0. The molecule has 0 radical (unpaired) electrons. The monoisotopic (exact) mass is 153 g/mol. The first-order valence-electron chi connectivity index (χ1n) is 1.55. The van der Waals surface area contributed by atoms with E-state index in [-0.39, 0.29) is 29.1 Å². The molecule has 0 amide bonds. The van der Waals surface area contributed by atoms with E-state index in [4.69, 9.17) is 10.2 Å². The van der Waals surface area contributed by atoms with Crippen LogP contribution in [0.15, 0.2) is 0 Å². The molecule has 1 atom stereocenters. The number of carbonyl (C=O) groups is 1. The number of aliphatic hydroxyl groups excluding tert-OH is 1. The van der Waals surface area contributed by atoms with Crippen molar-refractivity contribution in [3.63, 3.8) is 0 Å². The summed E-state index contributed by atoms with van der Waals surface area (Å²) in [6.07, 6.45) is -1.23. The van der Waals surface area contributed by atoms with E-state index in [9.17, 15) is 4.79 Å². The predicted octanol–water partition coefficient (Wildman–Crippen LogP) is -0.100. The van der Waals surface area contributed by atoms with Crippen LogP contribution in [0.5, 0.6) is 0 Å². The first kappa shape index (κ1) is 15.7. The molecule has 4 heteroatoms. The zero-order chi connectivity index (χ0) is 5.15. The van der Waals surface area contributed by atoms with Crippen LogP contribution in [0, 0.1) is 7.43 Å². The third-order valence-electron chi connectivity index (χ3n) is 0.357. The minimum Gasteiger partial charge on any atom is -0.479 e. The largest absolute Gasteiger partial charge is 0.479 e. The van der Waals surface area contributed by atoms with Crippen molar-refractivity contribution in [2.75, 3.05) is 0 Å². The van der Waals surface area contributed by atoms with Crippen LogP contribution in [0.4, 0.5) is 0 Å². The van der Waals surface area contributed by atoms with Gasteiger partial charge in [-0.3, -0.25) is 0 Å². The Balaban J connectivity index is -0.000000125. The molecule has 0 rings (SSSR count). The summed E-state index contributed by atoms with van der Waals surface area (Å²) in [4.78, 5) is 9.45. The maximum atomic E-state index is 9.45. The molecular formula is C4H9O3Ti-. The molecule has 0 heterocycles. The molecule has 1 unspecified atom stereocenters. The molecule has 0 aromatic rings. The van der Waals surface area contributed by atoms with Crippen molar-refractivity contribution in [3.8, 4) is 0 Å². The molecule has 0 aliphatic heterocycles. The van der Waals surface area contributed by atoms with E-state index in [1.165, 1.54) is 6.92 Å². The second kappa shape index (κ2) is 7.14. The van der Waals surface area contributed by atoms with E-state index in [1.807, 2.05) is 0 Å². The molecule has 3 nitrogen and oxygen atoms in total. The van der Waals surface area contributed by atoms with Crippen LogP contribution < -0.4 is 0 Å². The second-order valence-corrected chi connectivity index (χ2v) is 1.01. The van der Waals surface area contributed by atoms with E-state index >= 15 is 0 Å². The molecule has 8 heavy (non-hydrogen) atoms. The summed E-state index contributed by atoms with van der Waals surface area (Å²) in [7, 11) is 0. The Labute approximate surface area is 63.6 Å². The molecule has 0 fully saturated rings. The first-order valence-corrected chi connectivity index (χ1v) is 1.55. The Morgan fingerprint density at radius 1 is 1.62 bits per heavy atom. The number of aliphatic hydroxyl groups is 1. The van der Waals surface area contributed by atoms with E-state index in [1.54, 1.807) is 0 Å². The third kappa shape index (κ3) is 9.47. The fraction of sp³-hybridized carbons (Fsp3) is 0.500. The van der Waals surface area contributed by atoms with Crippen molar-refractivity contribution < 1.29 is 36.7 Å². The van der Waals surface area contributed by atoms with Gasteiger partial charge in [-0.1, -0.05) is 0 Å². The zero-order valence-corrected chi connectivity index (χ0v) is 6.44. The van der Waals surface area contributed by atoms with E-state index in [0.717, 1.165) is 0 Å². The Bertz CT molecular complexity index is 62.3. The molecule has 0 aromatic heterocycles. The summed E-state index contributed by atoms with van der Waals surface area (Å²) in [5, 5.41) is 15.8. The number of hydrogen-bond donors (Lipinski definition) is 2. The minimum absolute atomic E-state index is 0. The van der Waals surface area contributed by atoms with Gasteiger partial charge in [0.1, 0.15) is 6.10 Å². The summed E-state index contributed by atoms with van der Waals surface area (Å²) in [5.74, 6) is -1.19. The van der Waals surface area contributed by atoms with Crippen LogP contribution >= 0.6 is 0 Å². The fourth-order valence-electron chi connectivity index (χ4n) is 0. The van der Waals surface area contributed by atoms with Gasteiger partial charge in [0.15, 0.2) is 0 Å². The average Bonchev–Trinajstić information content (AvgIpc) is 1.36. The van der Waals surface area contributed by atoms with E-state index in [0.29, 0.717) is 0 Å².